The van der Waals surface area contributed by atoms with Gasteiger partial charge in [0.2, 0.25) is 0 Å². The molecule has 94 valence electrons. The minimum atomic E-state index is -0.356. The summed E-state index contributed by atoms with van der Waals surface area (Å²) in [5, 5.41) is 2.71. The zero-order valence-electron chi connectivity index (χ0n) is 10.5. The number of piperidine rings is 1. The third kappa shape index (κ3) is 2.60. The first-order valence-electron chi connectivity index (χ1n) is 5.92. The normalized spacial score (nSPS) is 24.8. The molecular weight excluding hydrogens is 236 g/mol. The molecule has 0 aliphatic carbocycles. The van der Waals surface area contributed by atoms with Gasteiger partial charge < -0.3 is 9.64 Å². The smallest absolute Gasteiger partial charge is 0.357 e. The SMILES string of the molecule is COC(=O)c1csc(N2CC(C)CCC2C)n1. The van der Waals surface area contributed by atoms with E-state index in [1.165, 1.54) is 31.3 Å². The van der Waals surface area contributed by atoms with E-state index in [2.05, 4.69) is 28.5 Å². The molecule has 1 aromatic rings. The molecule has 4 nitrogen and oxygen atoms in total. The van der Waals surface area contributed by atoms with E-state index in [-0.39, 0.29) is 5.97 Å². The number of carbonyl (C=O) groups is 1. The standard InChI is InChI=1S/C12H18N2O2S/c1-8-4-5-9(2)14(6-8)12-13-10(7-17-12)11(15)16-3/h7-9H,4-6H2,1-3H3. The number of carbonyl (C=O) groups excluding carboxylic acids is 1. The van der Waals surface area contributed by atoms with Gasteiger partial charge >= 0.3 is 5.97 Å². The van der Waals surface area contributed by atoms with Crippen LogP contribution in [0.5, 0.6) is 0 Å². The molecule has 1 fully saturated rings. The van der Waals surface area contributed by atoms with Crippen molar-refractivity contribution in [3.63, 3.8) is 0 Å². The second-order valence-electron chi connectivity index (χ2n) is 4.69. The van der Waals surface area contributed by atoms with Crippen molar-refractivity contribution >= 4 is 22.4 Å². The number of nitrogens with zero attached hydrogens (tertiary/aromatic N) is 2. The van der Waals surface area contributed by atoms with Gasteiger partial charge in [-0.2, -0.15) is 0 Å². The fraction of sp³-hybridized carbons (Fsp3) is 0.667. The van der Waals surface area contributed by atoms with E-state index in [4.69, 9.17) is 0 Å². The van der Waals surface area contributed by atoms with Crippen LogP contribution < -0.4 is 4.90 Å². The average molecular weight is 254 g/mol. The molecule has 1 aliphatic heterocycles. The van der Waals surface area contributed by atoms with Crippen molar-refractivity contribution in [3.8, 4) is 0 Å². The van der Waals surface area contributed by atoms with Gasteiger partial charge in [-0.05, 0) is 25.7 Å². The predicted octanol–water partition coefficient (Wildman–Crippen LogP) is 2.55. The van der Waals surface area contributed by atoms with Crippen LogP contribution in [-0.2, 0) is 4.74 Å². The number of methoxy groups -OCH3 is 1. The van der Waals surface area contributed by atoms with Crippen LogP contribution in [-0.4, -0.2) is 30.6 Å². The molecule has 2 rings (SSSR count). The number of aromatic nitrogens is 1. The third-order valence-electron chi connectivity index (χ3n) is 3.25. The lowest BCUT2D eigenvalue weighted by Crippen LogP contribution is -2.41. The van der Waals surface area contributed by atoms with Crippen LogP contribution in [0, 0.1) is 5.92 Å². The largest absolute Gasteiger partial charge is 0.464 e. The Morgan fingerprint density at radius 1 is 1.53 bits per heavy atom. The van der Waals surface area contributed by atoms with Gasteiger partial charge in [-0.3, -0.25) is 0 Å². The molecule has 0 radical (unpaired) electrons. The Balaban J connectivity index is 2.15. The number of hydrogen-bond acceptors (Lipinski definition) is 5. The summed E-state index contributed by atoms with van der Waals surface area (Å²) in [6.45, 7) is 5.49. The lowest BCUT2D eigenvalue weighted by atomic mass is 9.96. The summed E-state index contributed by atoms with van der Waals surface area (Å²) < 4.78 is 4.67. The highest BCUT2D eigenvalue weighted by molar-refractivity contribution is 7.13. The monoisotopic (exact) mass is 254 g/mol. The summed E-state index contributed by atoms with van der Waals surface area (Å²) in [5.74, 6) is 0.335. The first-order valence-corrected chi connectivity index (χ1v) is 6.80. The lowest BCUT2D eigenvalue weighted by Gasteiger charge is -2.36. The summed E-state index contributed by atoms with van der Waals surface area (Å²) >= 11 is 1.52. The van der Waals surface area contributed by atoms with E-state index < -0.39 is 0 Å². The molecule has 2 unspecified atom stereocenters. The van der Waals surface area contributed by atoms with Crippen molar-refractivity contribution in [3.05, 3.63) is 11.1 Å². The summed E-state index contributed by atoms with van der Waals surface area (Å²) in [6, 6.07) is 0.503. The van der Waals surface area contributed by atoms with Crippen LogP contribution in [0.25, 0.3) is 0 Å². The van der Waals surface area contributed by atoms with Gasteiger partial charge in [0, 0.05) is 18.0 Å². The van der Waals surface area contributed by atoms with Crippen molar-refractivity contribution in [1.29, 1.82) is 0 Å². The maximum atomic E-state index is 11.4. The molecular formula is C12H18N2O2S. The van der Waals surface area contributed by atoms with Crippen molar-refractivity contribution in [2.75, 3.05) is 18.6 Å². The Morgan fingerprint density at radius 2 is 2.29 bits per heavy atom. The topological polar surface area (TPSA) is 42.4 Å². The van der Waals surface area contributed by atoms with Crippen LogP contribution >= 0.6 is 11.3 Å². The second-order valence-corrected chi connectivity index (χ2v) is 5.53. The van der Waals surface area contributed by atoms with Gasteiger partial charge in [0.15, 0.2) is 10.8 Å². The molecule has 17 heavy (non-hydrogen) atoms. The first kappa shape index (κ1) is 12.4. The Morgan fingerprint density at radius 3 is 3.00 bits per heavy atom. The molecule has 0 N–H and O–H groups in total. The molecule has 2 heterocycles. The fourth-order valence-corrected chi connectivity index (χ4v) is 3.06. The van der Waals surface area contributed by atoms with Gasteiger partial charge in [0.1, 0.15) is 0 Å². The van der Waals surface area contributed by atoms with Crippen LogP contribution in [0.3, 0.4) is 0 Å². The zero-order chi connectivity index (χ0) is 12.4. The lowest BCUT2D eigenvalue weighted by molar-refractivity contribution is 0.0595. The molecule has 0 spiro atoms. The van der Waals surface area contributed by atoms with Crippen molar-refractivity contribution in [1.82, 2.24) is 4.98 Å². The number of hydrogen-bond donors (Lipinski definition) is 0. The number of ether oxygens (including phenoxy) is 1. The molecule has 1 aliphatic rings. The maximum Gasteiger partial charge on any atom is 0.357 e. The first-order chi connectivity index (χ1) is 8.11. The highest BCUT2D eigenvalue weighted by Crippen LogP contribution is 2.29. The highest BCUT2D eigenvalue weighted by Gasteiger charge is 2.25. The van der Waals surface area contributed by atoms with Gasteiger partial charge in [-0.1, -0.05) is 6.92 Å². The molecule has 1 aromatic heterocycles. The predicted molar refractivity (Wildman–Crippen MR) is 68.7 cm³/mol. The average Bonchev–Trinajstić information content (AvgIpc) is 2.80. The Hall–Kier alpha value is -1.10. The van der Waals surface area contributed by atoms with Crippen LogP contribution in [0.15, 0.2) is 5.38 Å². The van der Waals surface area contributed by atoms with Crippen molar-refractivity contribution in [2.45, 2.75) is 32.7 Å². The summed E-state index contributed by atoms with van der Waals surface area (Å²) in [5.41, 5.74) is 0.415. The van der Waals surface area contributed by atoms with Gasteiger partial charge in [-0.25, -0.2) is 9.78 Å². The van der Waals surface area contributed by atoms with E-state index in [1.807, 2.05) is 0 Å². The van der Waals surface area contributed by atoms with E-state index in [1.54, 1.807) is 5.38 Å². The van der Waals surface area contributed by atoms with E-state index in [0.29, 0.717) is 17.7 Å². The zero-order valence-corrected chi connectivity index (χ0v) is 11.3. The summed E-state index contributed by atoms with van der Waals surface area (Å²) in [6.07, 6.45) is 2.46. The second kappa shape index (κ2) is 5.04. The fourth-order valence-electron chi connectivity index (χ4n) is 2.15. The molecule has 2 atom stereocenters. The van der Waals surface area contributed by atoms with E-state index in [9.17, 15) is 4.79 Å². The minimum Gasteiger partial charge on any atom is -0.464 e. The van der Waals surface area contributed by atoms with Gasteiger partial charge in [0.05, 0.1) is 7.11 Å². The Bertz CT molecular complexity index is 405. The Labute approximate surface area is 106 Å². The van der Waals surface area contributed by atoms with Crippen LogP contribution in [0.4, 0.5) is 5.13 Å². The van der Waals surface area contributed by atoms with E-state index >= 15 is 0 Å². The van der Waals surface area contributed by atoms with Crippen LogP contribution in [0.1, 0.15) is 37.2 Å². The quantitative estimate of drug-likeness (QED) is 0.761. The number of rotatable bonds is 2. The molecule has 0 amide bonds. The minimum absolute atomic E-state index is 0.356. The van der Waals surface area contributed by atoms with Crippen molar-refractivity contribution in [2.24, 2.45) is 5.92 Å². The number of anilines is 1. The van der Waals surface area contributed by atoms with Gasteiger partial charge in [0.25, 0.3) is 0 Å². The molecule has 1 saturated heterocycles. The van der Waals surface area contributed by atoms with Gasteiger partial charge in [-0.15, -0.1) is 11.3 Å². The molecule has 0 aromatic carbocycles. The van der Waals surface area contributed by atoms with Crippen LogP contribution in [0.2, 0.25) is 0 Å². The highest BCUT2D eigenvalue weighted by atomic mass is 32.1. The molecule has 0 bridgehead atoms. The Kier molecular flexibility index (Phi) is 3.66. The number of esters is 1. The molecule has 5 heteroatoms. The van der Waals surface area contributed by atoms with Crippen molar-refractivity contribution < 1.29 is 9.53 Å². The molecule has 0 saturated carbocycles. The summed E-state index contributed by atoms with van der Waals surface area (Å²) in [7, 11) is 1.38. The summed E-state index contributed by atoms with van der Waals surface area (Å²) in [4.78, 5) is 18.0. The van der Waals surface area contributed by atoms with E-state index in [0.717, 1.165) is 11.7 Å². The maximum absolute atomic E-state index is 11.4. The third-order valence-corrected chi connectivity index (χ3v) is 4.13. The number of thiazole rings is 1.